The highest BCUT2D eigenvalue weighted by Gasteiger charge is 2.37. The molecule has 0 radical (unpaired) electrons. The summed E-state index contributed by atoms with van der Waals surface area (Å²) in [5.74, 6) is -3.81. The average molecular weight is 272 g/mol. The molecule has 0 aliphatic heterocycles. The van der Waals surface area contributed by atoms with Gasteiger partial charge in [-0.2, -0.15) is 0 Å². The zero-order chi connectivity index (χ0) is 14.8. The number of benzene rings is 1. The highest BCUT2D eigenvalue weighted by atomic mass is 19.3. The van der Waals surface area contributed by atoms with E-state index >= 15 is 0 Å². The lowest BCUT2D eigenvalue weighted by Crippen LogP contribution is -2.27. The summed E-state index contributed by atoms with van der Waals surface area (Å²) >= 11 is 0. The van der Waals surface area contributed by atoms with Crippen LogP contribution in [-0.4, -0.2) is 18.2 Å². The Kier molecular flexibility index (Phi) is 4.18. The van der Waals surface area contributed by atoms with Crippen molar-refractivity contribution in [3.63, 3.8) is 0 Å². The van der Waals surface area contributed by atoms with E-state index in [1.54, 1.807) is 19.9 Å². The molecule has 3 nitrogen and oxygen atoms in total. The second kappa shape index (κ2) is 5.15. The number of ether oxygens (including phenoxy) is 1. The van der Waals surface area contributed by atoms with E-state index in [1.807, 2.05) is 0 Å². The van der Waals surface area contributed by atoms with Crippen LogP contribution in [0.2, 0.25) is 0 Å². The summed E-state index contributed by atoms with van der Waals surface area (Å²) in [6, 6.07) is 4.35. The number of hydrogen-bond acceptors (Lipinski definition) is 2. The standard InChI is InChI=1S/C14H18F2O3/c1-13(2,8-11(17)18)12-9(14(3,15)16)6-5-7-10(12)19-4/h5-7H,8H2,1-4H3,(H,17,18). The fourth-order valence-corrected chi connectivity index (χ4v) is 2.23. The molecular formula is C14H18F2O3. The molecule has 0 bridgehead atoms. The first-order chi connectivity index (χ1) is 8.59. The van der Waals surface area contributed by atoms with Crippen molar-refractivity contribution in [2.24, 2.45) is 0 Å². The number of rotatable bonds is 5. The van der Waals surface area contributed by atoms with E-state index in [1.165, 1.54) is 19.2 Å². The molecule has 0 saturated heterocycles. The third kappa shape index (κ3) is 3.43. The van der Waals surface area contributed by atoms with Crippen LogP contribution in [0.4, 0.5) is 8.78 Å². The van der Waals surface area contributed by atoms with Crippen molar-refractivity contribution < 1.29 is 23.4 Å². The van der Waals surface area contributed by atoms with Crippen molar-refractivity contribution in [3.8, 4) is 5.75 Å². The van der Waals surface area contributed by atoms with Gasteiger partial charge in [0.25, 0.3) is 5.92 Å². The number of carboxylic acid groups (broad SMARTS) is 1. The number of hydrogen-bond donors (Lipinski definition) is 1. The van der Waals surface area contributed by atoms with Crippen LogP contribution in [0.15, 0.2) is 18.2 Å². The number of halogens is 2. The summed E-state index contributed by atoms with van der Waals surface area (Å²) in [7, 11) is 1.38. The topological polar surface area (TPSA) is 46.5 Å². The summed E-state index contributed by atoms with van der Waals surface area (Å²) in [4.78, 5) is 10.9. The monoisotopic (exact) mass is 272 g/mol. The van der Waals surface area contributed by atoms with Crippen molar-refractivity contribution >= 4 is 5.97 Å². The Morgan fingerprint density at radius 3 is 2.32 bits per heavy atom. The molecule has 1 N–H and O–H groups in total. The van der Waals surface area contributed by atoms with Crippen molar-refractivity contribution in [2.45, 2.75) is 38.5 Å². The number of alkyl halides is 2. The quantitative estimate of drug-likeness (QED) is 0.891. The molecule has 19 heavy (non-hydrogen) atoms. The number of carbonyl (C=O) groups is 1. The third-order valence-corrected chi connectivity index (χ3v) is 2.99. The molecule has 0 unspecified atom stereocenters. The molecule has 0 aliphatic carbocycles. The molecule has 0 aliphatic rings. The molecule has 0 saturated carbocycles. The fourth-order valence-electron chi connectivity index (χ4n) is 2.23. The van der Waals surface area contributed by atoms with Gasteiger partial charge in [-0.3, -0.25) is 4.79 Å². The highest BCUT2D eigenvalue weighted by molar-refractivity contribution is 5.69. The minimum absolute atomic E-state index is 0.196. The fraction of sp³-hybridized carbons (Fsp3) is 0.500. The van der Waals surface area contributed by atoms with Gasteiger partial charge < -0.3 is 9.84 Å². The molecule has 1 rings (SSSR count). The molecule has 5 heteroatoms. The van der Waals surface area contributed by atoms with Gasteiger partial charge in [-0.15, -0.1) is 0 Å². The highest BCUT2D eigenvalue weighted by Crippen LogP contribution is 2.42. The number of aliphatic carboxylic acids is 1. The first-order valence-electron chi connectivity index (χ1n) is 5.87. The van der Waals surface area contributed by atoms with Crippen molar-refractivity contribution in [1.82, 2.24) is 0 Å². The van der Waals surface area contributed by atoms with Crippen LogP contribution in [0.3, 0.4) is 0 Å². The maximum atomic E-state index is 13.7. The Balaban J connectivity index is 3.50. The van der Waals surface area contributed by atoms with E-state index < -0.39 is 17.3 Å². The molecule has 0 fully saturated rings. The van der Waals surface area contributed by atoms with E-state index in [0.717, 1.165) is 6.92 Å². The number of methoxy groups -OCH3 is 1. The predicted molar refractivity (Wildman–Crippen MR) is 67.8 cm³/mol. The summed E-state index contributed by atoms with van der Waals surface area (Å²) in [6.07, 6.45) is -0.254. The van der Waals surface area contributed by atoms with Gasteiger partial charge in [0.2, 0.25) is 0 Å². The molecule has 0 aromatic heterocycles. The predicted octanol–water partition coefficient (Wildman–Crippen LogP) is 3.56. The van der Waals surface area contributed by atoms with E-state index in [2.05, 4.69) is 0 Å². The second-order valence-corrected chi connectivity index (χ2v) is 5.23. The van der Waals surface area contributed by atoms with Gasteiger partial charge in [0, 0.05) is 23.5 Å². The van der Waals surface area contributed by atoms with Gasteiger partial charge in [-0.05, 0) is 6.07 Å². The summed E-state index contributed by atoms with van der Waals surface area (Å²) in [5.41, 5.74) is -0.904. The molecule has 106 valence electrons. The summed E-state index contributed by atoms with van der Waals surface area (Å²) in [5, 5.41) is 8.94. The van der Waals surface area contributed by atoms with E-state index in [9.17, 15) is 13.6 Å². The first kappa shape index (κ1) is 15.4. The zero-order valence-electron chi connectivity index (χ0n) is 11.5. The molecule has 1 aromatic carbocycles. The second-order valence-electron chi connectivity index (χ2n) is 5.23. The van der Waals surface area contributed by atoms with Gasteiger partial charge in [0.1, 0.15) is 5.75 Å². The van der Waals surface area contributed by atoms with Crippen LogP contribution in [-0.2, 0) is 16.1 Å². The average Bonchev–Trinajstić information content (AvgIpc) is 2.25. The van der Waals surface area contributed by atoms with Crippen LogP contribution >= 0.6 is 0 Å². The van der Waals surface area contributed by atoms with Crippen LogP contribution in [0.25, 0.3) is 0 Å². The first-order valence-corrected chi connectivity index (χ1v) is 5.87. The third-order valence-electron chi connectivity index (χ3n) is 2.99. The van der Waals surface area contributed by atoms with Gasteiger partial charge in [-0.25, -0.2) is 8.78 Å². The lowest BCUT2D eigenvalue weighted by Gasteiger charge is -2.30. The number of carboxylic acids is 1. The van der Waals surface area contributed by atoms with E-state index in [4.69, 9.17) is 9.84 Å². The summed E-state index contributed by atoms with van der Waals surface area (Å²) in [6.45, 7) is 4.03. The Bertz CT molecular complexity index is 476. The maximum absolute atomic E-state index is 13.7. The Labute approximate surface area is 111 Å². The lowest BCUT2D eigenvalue weighted by atomic mass is 9.77. The smallest absolute Gasteiger partial charge is 0.304 e. The van der Waals surface area contributed by atoms with Crippen molar-refractivity contribution in [3.05, 3.63) is 29.3 Å². The van der Waals surface area contributed by atoms with Crippen LogP contribution in [0.5, 0.6) is 5.75 Å². The van der Waals surface area contributed by atoms with Crippen LogP contribution in [0.1, 0.15) is 38.3 Å². The minimum Gasteiger partial charge on any atom is -0.496 e. The molecule has 1 aromatic rings. The van der Waals surface area contributed by atoms with Crippen LogP contribution < -0.4 is 4.74 Å². The van der Waals surface area contributed by atoms with E-state index in [0.29, 0.717) is 0 Å². The normalized spacial score (nSPS) is 12.3. The minimum atomic E-state index is -3.06. The Morgan fingerprint density at radius 2 is 1.89 bits per heavy atom. The molecule has 0 atom stereocenters. The lowest BCUT2D eigenvalue weighted by molar-refractivity contribution is -0.138. The summed E-state index contributed by atoms with van der Waals surface area (Å²) < 4.78 is 32.5. The van der Waals surface area contributed by atoms with Gasteiger partial charge in [0.05, 0.1) is 13.5 Å². The SMILES string of the molecule is COc1cccc(C(C)(F)F)c1C(C)(C)CC(=O)O. The van der Waals surface area contributed by atoms with Crippen LogP contribution in [0, 0.1) is 0 Å². The van der Waals surface area contributed by atoms with Gasteiger partial charge in [-0.1, -0.05) is 26.0 Å². The molecule has 0 heterocycles. The van der Waals surface area contributed by atoms with Gasteiger partial charge >= 0.3 is 5.97 Å². The van der Waals surface area contributed by atoms with Gasteiger partial charge in [0.15, 0.2) is 0 Å². The van der Waals surface area contributed by atoms with E-state index in [-0.39, 0.29) is 23.3 Å². The largest absolute Gasteiger partial charge is 0.496 e. The van der Waals surface area contributed by atoms with Crippen molar-refractivity contribution in [2.75, 3.05) is 7.11 Å². The molecular weight excluding hydrogens is 254 g/mol. The van der Waals surface area contributed by atoms with Crippen molar-refractivity contribution in [1.29, 1.82) is 0 Å². The Hall–Kier alpha value is -1.65. The maximum Gasteiger partial charge on any atom is 0.304 e. The molecule has 0 amide bonds. The zero-order valence-corrected chi connectivity index (χ0v) is 11.5. The Morgan fingerprint density at radius 1 is 1.32 bits per heavy atom. The molecule has 0 spiro atoms.